The molecule has 0 aliphatic carbocycles. The topological polar surface area (TPSA) is 32.8 Å². The summed E-state index contributed by atoms with van der Waals surface area (Å²) in [7, 11) is 0. The highest BCUT2D eigenvalue weighted by Gasteiger charge is 2.58. The van der Waals surface area contributed by atoms with Crippen LogP contribution in [0.15, 0.2) is 28.7 Å². The van der Waals surface area contributed by atoms with E-state index in [-0.39, 0.29) is 11.5 Å². The average molecular weight is 381 g/mol. The molecule has 2 aliphatic rings. The molecule has 2 aliphatic heterocycles. The molecule has 0 radical (unpaired) electrons. The SMILES string of the molecule is CC1N(Cc2ccc(Br)cc2)CC12CN(C(=O)OC(C)(C)C)C2. The molecule has 0 saturated carbocycles. The summed E-state index contributed by atoms with van der Waals surface area (Å²) in [6, 6.07) is 9.00. The van der Waals surface area contributed by atoms with Crippen molar-refractivity contribution in [3.8, 4) is 0 Å². The van der Waals surface area contributed by atoms with E-state index in [4.69, 9.17) is 4.74 Å². The van der Waals surface area contributed by atoms with Gasteiger partial charge in [-0.25, -0.2) is 4.79 Å². The van der Waals surface area contributed by atoms with E-state index in [1.807, 2.05) is 25.7 Å². The zero-order valence-corrected chi connectivity index (χ0v) is 15.9. The predicted molar refractivity (Wildman–Crippen MR) is 94.3 cm³/mol. The van der Waals surface area contributed by atoms with E-state index < -0.39 is 5.60 Å². The number of hydrogen-bond donors (Lipinski definition) is 0. The monoisotopic (exact) mass is 380 g/mol. The van der Waals surface area contributed by atoms with Crippen molar-refractivity contribution in [1.29, 1.82) is 0 Å². The van der Waals surface area contributed by atoms with Crippen molar-refractivity contribution in [2.24, 2.45) is 5.41 Å². The highest BCUT2D eigenvalue weighted by atomic mass is 79.9. The third kappa shape index (κ3) is 3.41. The number of ether oxygens (including phenoxy) is 1. The van der Waals surface area contributed by atoms with Crippen LogP contribution in [0, 0.1) is 5.41 Å². The molecular weight excluding hydrogens is 356 g/mol. The second-order valence-electron chi connectivity index (χ2n) is 7.91. The van der Waals surface area contributed by atoms with Crippen molar-refractivity contribution in [3.05, 3.63) is 34.3 Å². The lowest BCUT2D eigenvalue weighted by Gasteiger charge is -2.64. The predicted octanol–water partition coefficient (Wildman–Crippen LogP) is 3.89. The number of carbonyl (C=O) groups excluding carboxylic acids is 1. The molecule has 5 heteroatoms. The molecule has 23 heavy (non-hydrogen) atoms. The van der Waals surface area contributed by atoms with Crippen molar-refractivity contribution < 1.29 is 9.53 Å². The van der Waals surface area contributed by atoms with E-state index in [0.717, 1.165) is 30.7 Å². The van der Waals surface area contributed by atoms with Gasteiger partial charge in [0.05, 0.1) is 0 Å². The van der Waals surface area contributed by atoms with Crippen LogP contribution in [-0.2, 0) is 11.3 Å². The number of halogens is 1. The molecule has 0 N–H and O–H groups in total. The van der Waals surface area contributed by atoms with Gasteiger partial charge in [0, 0.05) is 42.1 Å². The normalized spacial score (nSPS) is 23.3. The number of nitrogens with zero attached hydrogens (tertiary/aromatic N) is 2. The molecule has 2 heterocycles. The van der Waals surface area contributed by atoms with E-state index in [0.29, 0.717) is 6.04 Å². The fraction of sp³-hybridized carbons (Fsp3) is 0.611. The van der Waals surface area contributed by atoms with Gasteiger partial charge < -0.3 is 9.64 Å². The summed E-state index contributed by atoms with van der Waals surface area (Å²) in [5.74, 6) is 0. The molecule has 3 rings (SSSR count). The molecule has 0 aromatic heterocycles. The van der Waals surface area contributed by atoms with Crippen LogP contribution in [0.25, 0.3) is 0 Å². The minimum atomic E-state index is -0.418. The molecule has 1 amide bonds. The van der Waals surface area contributed by atoms with Crippen LogP contribution in [0.2, 0.25) is 0 Å². The Hall–Kier alpha value is -1.07. The van der Waals surface area contributed by atoms with Gasteiger partial charge in [-0.15, -0.1) is 0 Å². The second kappa shape index (κ2) is 5.78. The lowest BCUT2D eigenvalue weighted by atomic mass is 9.66. The smallest absolute Gasteiger partial charge is 0.410 e. The number of rotatable bonds is 2. The highest BCUT2D eigenvalue weighted by molar-refractivity contribution is 9.10. The fourth-order valence-electron chi connectivity index (χ4n) is 3.50. The standard InChI is InChI=1S/C18H25BrN2O2/c1-13-18(11-21(12-18)16(22)23-17(2,3)4)10-20(13)9-14-5-7-15(19)8-6-14/h5-8,13H,9-12H2,1-4H3. The zero-order chi connectivity index (χ0) is 16.8. The molecule has 1 spiro atoms. The molecule has 1 unspecified atom stereocenters. The van der Waals surface area contributed by atoms with Crippen LogP contribution in [0.1, 0.15) is 33.3 Å². The van der Waals surface area contributed by atoms with Crippen LogP contribution in [0.3, 0.4) is 0 Å². The second-order valence-corrected chi connectivity index (χ2v) is 8.82. The molecular formula is C18H25BrN2O2. The Morgan fingerprint density at radius 3 is 2.39 bits per heavy atom. The average Bonchev–Trinajstić information content (AvgIpc) is 2.40. The van der Waals surface area contributed by atoms with Crippen LogP contribution in [0.5, 0.6) is 0 Å². The van der Waals surface area contributed by atoms with Gasteiger partial charge in [-0.1, -0.05) is 28.1 Å². The maximum Gasteiger partial charge on any atom is 0.410 e. The molecule has 2 saturated heterocycles. The first-order valence-corrected chi connectivity index (χ1v) is 8.94. The fourth-order valence-corrected chi connectivity index (χ4v) is 3.76. The Morgan fingerprint density at radius 2 is 1.87 bits per heavy atom. The number of hydrogen-bond acceptors (Lipinski definition) is 3. The van der Waals surface area contributed by atoms with Gasteiger partial charge in [-0.3, -0.25) is 4.90 Å². The molecule has 1 atom stereocenters. The van der Waals surface area contributed by atoms with Gasteiger partial charge in [0.1, 0.15) is 5.60 Å². The zero-order valence-electron chi connectivity index (χ0n) is 14.3. The van der Waals surface area contributed by atoms with E-state index in [2.05, 4.69) is 52.0 Å². The summed E-state index contributed by atoms with van der Waals surface area (Å²) in [5, 5.41) is 0. The number of carbonyl (C=O) groups is 1. The van der Waals surface area contributed by atoms with Crippen molar-refractivity contribution >= 4 is 22.0 Å². The summed E-state index contributed by atoms with van der Waals surface area (Å²) >= 11 is 3.47. The van der Waals surface area contributed by atoms with Crippen molar-refractivity contribution in [2.75, 3.05) is 19.6 Å². The van der Waals surface area contributed by atoms with Crippen LogP contribution < -0.4 is 0 Å². The van der Waals surface area contributed by atoms with Gasteiger partial charge in [0.2, 0.25) is 0 Å². The van der Waals surface area contributed by atoms with Gasteiger partial charge >= 0.3 is 6.09 Å². The summed E-state index contributed by atoms with van der Waals surface area (Å²) < 4.78 is 6.55. The first kappa shape index (κ1) is 16.8. The maximum atomic E-state index is 12.1. The van der Waals surface area contributed by atoms with Crippen molar-refractivity contribution in [2.45, 2.75) is 45.9 Å². The molecule has 4 nitrogen and oxygen atoms in total. The third-order valence-corrected chi connectivity index (χ3v) is 5.44. The Labute approximate surface area is 146 Å². The highest BCUT2D eigenvalue weighted by Crippen LogP contribution is 2.46. The summed E-state index contributed by atoms with van der Waals surface area (Å²) in [4.78, 5) is 16.4. The minimum absolute atomic E-state index is 0.179. The van der Waals surface area contributed by atoms with Crippen molar-refractivity contribution in [3.63, 3.8) is 0 Å². The summed E-state index contributed by atoms with van der Waals surface area (Å²) in [6.07, 6.45) is -0.179. The van der Waals surface area contributed by atoms with E-state index in [9.17, 15) is 4.79 Å². The molecule has 1 aromatic carbocycles. The van der Waals surface area contributed by atoms with E-state index >= 15 is 0 Å². The lowest BCUT2D eigenvalue weighted by molar-refractivity contribution is -0.156. The molecule has 126 valence electrons. The summed E-state index contributed by atoms with van der Waals surface area (Å²) in [5.41, 5.74) is 1.18. The van der Waals surface area contributed by atoms with Crippen molar-refractivity contribution in [1.82, 2.24) is 9.80 Å². The molecule has 1 aromatic rings. The van der Waals surface area contributed by atoms with Crippen LogP contribution in [0.4, 0.5) is 4.79 Å². The van der Waals surface area contributed by atoms with Gasteiger partial charge in [-0.05, 0) is 45.4 Å². The van der Waals surface area contributed by atoms with E-state index in [1.165, 1.54) is 5.56 Å². The minimum Gasteiger partial charge on any atom is -0.444 e. The van der Waals surface area contributed by atoms with Crippen LogP contribution in [-0.4, -0.2) is 47.2 Å². The van der Waals surface area contributed by atoms with Gasteiger partial charge in [0.15, 0.2) is 0 Å². The lowest BCUT2D eigenvalue weighted by Crippen LogP contribution is -2.76. The number of amides is 1. The Kier molecular flexibility index (Phi) is 4.21. The summed E-state index contributed by atoms with van der Waals surface area (Å²) in [6.45, 7) is 11.7. The van der Waals surface area contributed by atoms with Crippen LogP contribution >= 0.6 is 15.9 Å². The first-order chi connectivity index (χ1) is 10.7. The van der Waals surface area contributed by atoms with Gasteiger partial charge in [0.25, 0.3) is 0 Å². The largest absolute Gasteiger partial charge is 0.444 e. The van der Waals surface area contributed by atoms with E-state index in [1.54, 1.807) is 0 Å². The third-order valence-electron chi connectivity index (χ3n) is 4.91. The number of benzene rings is 1. The quantitative estimate of drug-likeness (QED) is 0.779. The molecule has 2 fully saturated rings. The Morgan fingerprint density at radius 1 is 1.26 bits per heavy atom. The molecule has 0 bridgehead atoms. The number of likely N-dealkylation sites (tertiary alicyclic amines) is 2. The first-order valence-electron chi connectivity index (χ1n) is 8.15. The maximum absolute atomic E-state index is 12.1. The Balaban J connectivity index is 1.50. The Bertz CT molecular complexity index is 588. The van der Waals surface area contributed by atoms with Gasteiger partial charge in [-0.2, -0.15) is 0 Å².